The Balaban J connectivity index is 2.00. The van der Waals surface area contributed by atoms with E-state index in [1.807, 2.05) is 0 Å². The number of halogens is 4. The average molecular weight is 371 g/mol. The van der Waals surface area contributed by atoms with E-state index < -0.39 is 28.9 Å². The number of hydrogen-bond donors (Lipinski definition) is 1. The molecule has 1 amide bonds. The van der Waals surface area contributed by atoms with Crippen molar-refractivity contribution in [2.75, 3.05) is 5.32 Å². The monoisotopic (exact) mass is 370 g/mol. The van der Waals surface area contributed by atoms with Crippen LogP contribution in [0.1, 0.15) is 10.4 Å². The van der Waals surface area contributed by atoms with E-state index in [-0.39, 0.29) is 5.69 Å². The van der Waals surface area contributed by atoms with Crippen LogP contribution in [0.2, 0.25) is 0 Å². The molecular formula is C13H6BrF3N4O. The van der Waals surface area contributed by atoms with E-state index in [1.54, 1.807) is 6.20 Å². The van der Waals surface area contributed by atoms with Gasteiger partial charge in [0, 0.05) is 10.7 Å². The number of pyridine rings is 1. The van der Waals surface area contributed by atoms with Crippen molar-refractivity contribution in [3.63, 3.8) is 0 Å². The molecule has 9 heteroatoms. The van der Waals surface area contributed by atoms with Gasteiger partial charge < -0.3 is 5.32 Å². The number of aromatic nitrogens is 3. The zero-order valence-electron chi connectivity index (χ0n) is 10.6. The molecule has 1 N–H and O–H groups in total. The second-order valence-electron chi connectivity index (χ2n) is 4.31. The lowest BCUT2D eigenvalue weighted by Crippen LogP contribution is -2.16. The number of nitrogens with one attached hydrogen (secondary N) is 1. The molecule has 0 aliphatic rings. The minimum atomic E-state index is -1.70. The largest absolute Gasteiger partial charge is 0.319 e. The summed E-state index contributed by atoms with van der Waals surface area (Å²) < 4.78 is 41.9. The van der Waals surface area contributed by atoms with Crippen molar-refractivity contribution in [2.24, 2.45) is 0 Å². The van der Waals surface area contributed by atoms with Crippen molar-refractivity contribution >= 4 is 33.2 Å². The van der Waals surface area contributed by atoms with Crippen LogP contribution in [0.5, 0.6) is 0 Å². The van der Waals surface area contributed by atoms with E-state index in [0.29, 0.717) is 16.2 Å². The molecule has 0 radical (unpaired) electrons. The van der Waals surface area contributed by atoms with Crippen LogP contribution in [0, 0.1) is 17.5 Å². The number of benzene rings is 1. The standard InChI is InChI=1S/C13H6BrF3N4O/c14-6-3-9(12-20-18-5-21(12)4-6)19-13(22)7-1-2-8(15)11(17)10(7)16/h1-5H,(H,19,22). The van der Waals surface area contributed by atoms with Crippen LogP contribution in [0.3, 0.4) is 0 Å². The van der Waals surface area contributed by atoms with Gasteiger partial charge in [-0.05, 0) is 34.1 Å². The maximum atomic E-state index is 13.6. The Labute approximate surface area is 129 Å². The molecule has 0 atom stereocenters. The molecule has 0 spiro atoms. The lowest BCUT2D eigenvalue weighted by molar-refractivity contribution is 0.102. The van der Waals surface area contributed by atoms with Crippen molar-refractivity contribution < 1.29 is 18.0 Å². The average Bonchev–Trinajstić information content (AvgIpc) is 2.93. The minimum absolute atomic E-state index is 0.237. The molecule has 0 saturated heterocycles. The molecular weight excluding hydrogens is 365 g/mol. The van der Waals surface area contributed by atoms with Gasteiger partial charge in [0.25, 0.3) is 5.91 Å². The van der Waals surface area contributed by atoms with Crippen LogP contribution in [0.25, 0.3) is 5.65 Å². The molecule has 2 aromatic heterocycles. The van der Waals surface area contributed by atoms with Crippen molar-refractivity contribution in [3.05, 3.63) is 58.2 Å². The van der Waals surface area contributed by atoms with Gasteiger partial charge >= 0.3 is 0 Å². The Morgan fingerprint density at radius 1 is 1.23 bits per heavy atom. The summed E-state index contributed by atoms with van der Waals surface area (Å²) in [6.07, 6.45) is 3.07. The van der Waals surface area contributed by atoms with Gasteiger partial charge in [0.2, 0.25) is 0 Å². The van der Waals surface area contributed by atoms with Gasteiger partial charge in [-0.15, -0.1) is 10.2 Å². The first-order chi connectivity index (χ1) is 10.5. The number of fused-ring (bicyclic) bond motifs is 1. The molecule has 0 bridgehead atoms. The Kier molecular flexibility index (Phi) is 3.57. The van der Waals surface area contributed by atoms with Gasteiger partial charge in [-0.25, -0.2) is 13.2 Å². The first kappa shape index (κ1) is 14.5. The third kappa shape index (κ3) is 2.43. The SMILES string of the molecule is O=C(Nc1cc(Br)cn2cnnc12)c1ccc(F)c(F)c1F. The number of rotatable bonds is 2. The molecule has 0 aliphatic carbocycles. The Morgan fingerprint density at radius 3 is 2.77 bits per heavy atom. The predicted molar refractivity (Wildman–Crippen MR) is 75.0 cm³/mol. The number of nitrogens with zero attached hydrogens (tertiary/aromatic N) is 3. The second-order valence-corrected chi connectivity index (χ2v) is 5.23. The summed E-state index contributed by atoms with van der Waals surface area (Å²) in [6.45, 7) is 0. The zero-order valence-corrected chi connectivity index (χ0v) is 12.2. The third-order valence-corrected chi connectivity index (χ3v) is 3.32. The highest BCUT2D eigenvalue weighted by molar-refractivity contribution is 9.10. The molecule has 0 unspecified atom stereocenters. The number of amides is 1. The maximum absolute atomic E-state index is 13.6. The summed E-state index contributed by atoms with van der Waals surface area (Å²) in [5.41, 5.74) is -0.0582. The van der Waals surface area contributed by atoms with Gasteiger partial charge in [-0.1, -0.05) is 0 Å². The first-order valence-corrected chi connectivity index (χ1v) is 6.70. The molecule has 2 heterocycles. The van der Waals surface area contributed by atoms with Gasteiger partial charge in [-0.3, -0.25) is 9.20 Å². The Morgan fingerprint density at radius 2 is 2.00 bits per heavy atom. The maximum Gasteiger partial charge on any atom is 0.258 e. The predicted octanol–water partition coefficient (Wildman–Crippen LogP) is 3.16. The van der Waals surface area contributed by atoms with Crippen molar-refractivity contribution in [1.82, 2.24) is 14.6 Å². The number of hydrogen-bond acceptors (Lipinski definition) is 3. The van der Waals surface area contributed by atoms with E-state index in [0.717, 1.165) is 6.07 Å². The summed E-state index contributed by atoms with van der Waals surface area (Å²) in [5, 5.41) is 9.89. The van der Waals surface area contributed by atoms with Gasteiger partial charge in [0.15, 0.2) is 23.1 Å². The number of carbonyl (C=O) groups is 1. The summed E-state index contributed by atoms with van der Waals surface area (Å²) in [4.78, 5) is 12.1. The third-order valence-electron chi connectivity index (χ3n) is 2.89. The zero-order chi connectivity index (χ0) is 15.9. The molecule has 0 saturated carbocycles. The lowest BCUT2D eigenvalue weighted by Gasteiger charge is -2.08. The molecule has 5 nitrogen and oxygen atoms in total. The molecule has 3 rings (SSSR count). The van der Waals surface area contributed by atoms with Crippen molar-refractivity contribution in [3.8, 4) is 0 Å². The van der Waals surface area contributed by atoms with E-state index in [1.165, 1.54) is 16.8 Å². The van der Waals surface area contributed by atoms with Crippen LogP contribution in [-0.4, -0.2) is 20.5 Å². The summed E-state index contributed by atoms with van der Waals surface area (Å²) in [7, 11) is 0. The highest BCUT2D eigenvalue weighted by Crippen LogP contribution is 2.22. The fraction of sp³-hybridized carbons (Fsp3) is 0. The van der Waals surface area contributed by atoms with Crippen LogP contribution in [0.15, 0.2) is 35.2 Å². The molecule has 0 aliphatic heterocycles. The van der Waals surface area contributed by atoms with Crippen LogP contribution >= 0.6 is 15.9 Å². The molecule has 112 valence electrons. The Bertz CT molecular complexity index is 896. The lowest BCUT2D eigenvalue weighted by atomic mass is 10.2. The summed E-state index contributed by atoms with van der Waals surface area (Å²) >= 11 is 3.24. The normalized spacial score (nSPS) is 10.9. The molecule has 22 heavy (non-hydrogen) atoms. The number of carbonyl (C=O) groups excluding carboxylic acids is 1. The van der Waals surface area contributed by atoms with Crippen LogP contribution < -0.4 is 5.32 Å². The molecule has 1 aromatic carbocycles. The van der Waals surface area contributed by atoms with Crippen molar-refractivity contribution in [2.45, 2.75) is 0 Å². The quantitative estimate of drug-likeness (QED) is 0.705. The number of anilines is 1. The van der Waals surface area contributed by atoms with E-state index >= 15 is 0 Å². The first-order valence-electron chi connectivity index (χ1n) is 5.91. The van der Waals surface area contributed by atoms with Gasteiger partial charge in [-0.2, -0.15) is 0 Å². The highest BCUT2D eigenvalue weighted by Gasteiger charge is 2.20. The topological polar surface area (TPSA) is 59.3 Å². The van der Waals surface area contributed by atoms with E-state index in [4.69, 9.17) is 0 Å². The van der Waals surface area contributed by atoms with E-state index in [9.17, 15) is 18.0 Å². The Hall–Kier alpha value is -2.42. The summed E-state index contributed by atoms with van der Waals surface area (Å²) in [6, 6.07) is 3.07. The van der Waals surface area contributed by atoms with E-state index in [2.05, 4.69) is 31.4 Å². The molecule has 3 aromatic rings. The highest BCUT2D eigenvalue weighted by atomic mass is 79.9. The van der Waals surface area contributed by atoms with Crippen molar-refractivity contribution in [1.29, 1.82) is 0 Å². The molecule has 0 fully saturated rings. The second kappa shape index (κ2) is 5.41. The smallest absolute Gasteiger partial charge is 0.258 e. The van der Waals surface area contributed by atoms with Crippen LogP contribution in [-0.2, 0) is 0 Å². The fourth-order valence-electron chi connectivity index (χ4n) is 1.89. The van der Waals surface area contributed by atoms with Gasteiger partial charge in [0.1, 0.15) is 6.33 Å². The van der Waals surface area contributed by atoms with Crippen LogP contribution in [0.4, 0.5) is 18.9 Å². The van der Waals surface area contributed by atoms with Gasteiger partial charge in [0.05, 0.1) is 11.3 Å². The fourth-order valence-corrected chi connectivity index (χ4v) is 2.33. The summed E-state index contributed by atoms with van der Waals surface area (Å²) in [5.74, 6) is -5.55. The minimum Gasteiger partial charge on any atom is -0.319 e.